The van der Waals surface area contributed by atoms with Crippen LogP contribution in [0.25, 0.3) is 0 Å². The van der Waals surface area contributed by atoms with E-state index in [1.165, 1.54) is 37.9 Å². The van der Waals surface area contributed by atoms with E-state index in [0.717, 1.165) is 12.8 Å². The zero-order valence-electron chi connectivity index (χ0n) is 11.3. The zero-order chi connectivity index (χ0) is 14.5. The van der Waals surface area contributed by atoms with Crippen molar-refractivity contribution in [2.45, 2.75) is 51.1 Å². The summed E-state index contributed by atoms with van der Waals surface area (Å²) in [6.07, 6.45) is 8.38. The van der Waals surface area contributed by atoms with Crippen molar-refractivity contribution in [2.75, 3.05) is 0 Å². The first-order valence-electron chi connectivity index (χ1n) is 6.94. The van der Waals surface area contributed by atoms with Crippen LogP contribution < -0.4 is 5.32 Å². The number of nitrogens with zero attached hydrogens (tertiary/aromatic N) is 1. The molecule has 20 heavy (non-hydrogen) atoms. The fourth-order valence-corrected chi connectivity index (χ4v) is 3.04. The van der Waals surface area contributed by atoms with E-state index in [1.54, 1.807) is 4.57 Å². The minimum absolute atomic E-state index is 0.0647. The Morgan fingerprint density at radius 3 is 2.50 bits per heavy atom. The third kappa shape index (κ3) is 4.10. The van der Waals surface area contributed by atoms with Gasteiger partial charge in [0.2, 0.25) is 5.91 Å². The van der Waals surface area contributed by atoms with Gasteiger partial charge in [0.25, 0.3) is 0 Å². The molecule has 1 saturated carbocycles. The minimum atomic E-state index is -0.992. The summed E-state index contributed by atoms with van der Waals surface area (Å²) in [4.78, 5) is 22.9. The summed E-state index contributed by atoms with van der Waals surface area (Å²) < 4.78 is 2.21. The molecule has 1 aliphatic carbocycles. The number of rotatable bonds is 4. The molecule has 1 heterocycles. The van der Waals surface area contributed by atoms with Crippen molar-refractivity contribution in [3.8, 4) is 0 Å². The van der Waals surface area contributed by atoms with Gasteiger partial charge in [-0.15, -0.1) is 0 Å². The molecule has 1 fully saturated rings. The lowest BCUT2D eigenvalue weighted by Crippen LogP contribution is -2.36. The topological polar surface area (TPSA) is 71.3 Å². The van der Waals surface area contributed by atoms with Crippen molar-refractivity contribution < 1.29 is 14.7 Å². The molecule has 1 aliphatic rings. The monoisotopic (exact) mass is 342 g/mol. The average Bonchev–Trinajstić information content (AvgIpc) is 2.61. The van der Waals surface area contributed by atoms with Crippen LogP contribution >= 0.6 is 15.9 Å². The molecule has 0 aliphatic heterocycles. The van der Waals surface area contributed by atoms with Gasteiger partial charge >= 0.3 is 5.97 Å². The van der Waals surface area contributed by atoms with Crippen molar-refractivity contribution in [3.05, 3.63) is 22.4 Å². The maximum absolute atomic E-state index is 12.0. The summed E-state index contributed by atoms with van der Waals surface area (Å²) in [7, 11) is 0. The number of aromatic nitrogens is 1. The molecule has 5 nitrogen and oxygen atoms in total. The molecular formula is C14H19BrN2O3. The third-order valence-corrected chi connectivity index (χ3v) is 4.31. The Morgan fingerprint density at radius 1 is 1.30 bits per heavy atom. The number of aromatic carboxylic acids is 1. The molecule has 2 N–H and O–H groups in total. The van der Waals surface area contributed by atoms with Crippen LogP contribution in [-0.2, 0) is 11.3 Å². The van der Waals surface area contributed by atoms with Crippen LogP contribution in [0.15, 0.2) is 16.9 Å². The summed E-state index contributed by atoms with van der Waals surface area (Å²) in [5.74, 6) is -1.06. The number of amides is 1. The van der Waals surface area contributed by atoms with Gasteiger partial charge in [-0.3, -0.25) is 4.79 Å². The maximum atomic E-state index is 12.0. The number of carbonyl (C=O) groups excluding carboxylic acids is 1. The van der Waals surface area contributed by atoms with Crippen LogP contribution in [-0.4, -0.2) is 27.6 Å². The summed E-state index contributed by atoms with van der Waals surface area (Å²) in [5, 5.41) is 12.0. The van der Waals surface area contributed by atoms with E-state index in [4.69, 9.17) is 5.11 Å². The van der Waals surface area contributed by atoms with Crippen molar-refractivity contribution in [1.29, 1.82) is 0 Å². The van der Waals surface area contributed by atoms with Crippen LogP contribution in [0.4, 0.5) is 0 Å². The average molecular weight is 343 g/mol. The second kappa shape index (κ2) is 6.92. The van der Waals surface area contributed by atoms with Gasteiger partial charge in [0.05, 0.1) is 10.2 Å². The molecule has 0 radical (unpaired) electrons. The Balaban J connectivity index is 1.92. The summed E-state index contributed by atoms with van der Waals surface area (Å²) >= 11 is 3.27. The highest BCUT2D eigenvalue weighted by atomic mass is 79.9. The Hall–Kier alpha value is -1.30. The van der Waals surface area contributed by atoms with E-state index < -0.39 is 5.97 Å². The molecule has 1 amide bonds. The van der Waals surface area contributed by atoms with Gasteiger partial charge in [0.1, 0.15) is 6.54 Å². The first-order valence-corrected chi connectivity index (χ1v) is 7.74. The van der Waals surface area contributed by atoms with Gasteiger partial charge in [0.15, 0.2) is 0 Å². The Kier molecular flexibility index (Phi) is 5.23. The van der Waals surface area contributed by atoms with Gasteiger partial charge in [-0.05, 0) is 34.8 Å². The Labute approximate surface area is 126 Å². The number of carbonyl (C=O) groups is 2. The number of nitrogens with one attached hydrogen (secondary N) is 1. The van der Waals surface area contributed by atoms with Crippen molar-refractivity contribution in [2.24, 2.45) is 0 Å². The Morgan fingerprint density at radius 2 is 1.95 bits per heavy atom. The molecule has 0 atom stereocenters. The number of hydrogen-bond donors (Lipinski definition) is 2. The molecule has 0 spiro atoms. The zero-order valence-corrected chi connectivity index (χ0v) is 12.9. The van der Waals surface area contributed by atoms with Gasteiger partial charge in [-0.25, -0.2) is 4.79 Å². The lowest BCUT2D eigenvalue weighted by atomic mass is 10.1. The second-order valence-electron chi connectivity index (χ2n) is 5.24. The van der Waals surface area contributed by atoms with Crippen molar-refractivity contribution in [3.63, 3.8) is 0 Å². The molecule has 0 bridgehead atoms. The Bertz CT molecular complexity index is 491. The number of carboxylic acids is 1. The van der Waals surface area contributed by atoms with Crippen LogP contribution in [0.1, 0.15) is 48.9 Å². The van der Waals surface area contributed by atoms with Crippen LogP contribution in [0, 0.1) is 0 Å². The standard InChI is InChI=1S/C14H19BrN2O3/c15-12-7-10(14(19)20)8-17(12)9-13(18)16-11-5-3-1-2-4-6-11/h7-8,11H,1-6,9H2,(H,16,18)(H,19,20). The highest BCUT2D eigenvalue weighted by molar-refractivity contribution is 9.10. The highest BCUT2D eigenvalue weighted by Gasteiger charge is 2.16. The molecule has 1 aromatic heterocycles. The van der Waals surface area contributed by atoms with E-state index in [-0.39, 0.29) is 24.1 Å². The minimum Gasteiger partial charge on any atom is -0.478 e. The lowest BCUT2D eigenvalue weighted by Gasteiger charge is -2.16. The van der Waals surface area contributed by atoms with Crippen LogP contribution in [0.2, 0.25) is 0 Å². The summed E-state index contributed by atoms with van der Waals surface area (Å²) in [6.45, 7) is 0.143. The predicted molar refractivity (Wildman–Crippen MR) is 78.7 cm³/mol. The normalized spacial score (nSPS) is 16.6. The second-order valence-corrected chi connectivity index (χ2v) is 6.05. The van der Waals surface area contributed by atoms with Gasteiger partial charge in [0, 0.05) is 12.2 Å². The van der Waals surface area contributed by atoms with Crippen LogP contribution in [0.5, 0.6) is 0 Å². The summed E-state index contributed by atoms with van der Waals surface area (Å²) in [6, 6.07) is 1.76. The molecule has 0 saturated heterocycles. The fraction of sp³-hybridized carbons (Fsp3) is 0.571. The molecule has 1 aromatic rings. The van der Waals surface area contributed by atoms with E-state index in [1.807, 2.05) is 0 Å². The molecular weight excluding hydrogens is 324 g/mol. The van der Waals surface area contributed by atoms with E-state index in [0.29, 0.717) is 4.60 Å². The smallest absolute Gasteiger partial charge is 0.337 e. The van der Waals surface area contributed by atoms with E-state index in [9.17, 15) is 9.59 Å². The van der Waals surface area contributed by atoms with Gasteiger partial charge < -0.3 is 15.0 Å². The van der Waals surface area contributed by atoms with Crippen LogP contribution in [0.3, 0.4) is 0 Å². The largest absolute Gasteiger partial charge is 0.478 e. The van der Waals surface area contributed by atoms with E-state index in [2.05, 4.69) is 21.2 Å². The van der Waals surface area contributed by atoms with E-state index >= 15 is 0 Å². The fourth-order valence-electron chi connectivity index (χ4n) is 2.57. The van der Waals surface area contributed by atoms with Crippen molar-refractivity contribution in [1.82, 2.24) is 9.88 Å². The number of halogens is 1. The molecule has 0 aromatic carbocycles. The summed E-state index contributed by atoms with van der Waals surface area (Å²) in [5.41, 5.74) is 0.180. The maximum Gasteiger partial charge on any atom is 0.337 e. The lowest BCUT2D eigenvalue weighted by molar-refractivity contribution is -0.122. The molecule has 6 heteroatoms. The highest BCUT2D eigenvalue weighted by Crippen LogP contribution is 2.18. The first kappa shape index (κ1) is 15.1. The first-order chi connectivity index (χ1) is 9.56. The quantitative estimate of drug-likeness (QED) is 0.826. The molecule has 0 unspecified atom stereocenters. The SMILES string of the molecule is O=C(Cn1cc(C(=O)O)cc1Br)NC1CCCCCC1. The van der Waals surface area contributed by atoms with Gasteiger partial charge in [-0.1, -0.05) is 25.7 Å². The number of hydrogen-bond acceptors (Lipinski definition) is 2. The molecule has 110 valence electrons. The molecule has 2 rings (SSSR count). The van der Waals surface area contributed by atoms with Gasteiger partial charge in [-0.2, -0.15) is 0 Å². The third-order valence-electron chi connectivity index (χ3n) is 3.63. The number of carboxylic acid groups (broad SMARTS) is 1. The predicted octanol–water partition coefficient (Wildman–Crippen LogP) is 2.79. The van der Waals surface area contributed by atoms with Crippen molar-refractivity contribution >= 4 is 27.8 Å².